The molecule has 31 heavy (non-hydrogen) atoms. The quantitative estimate of drug-likeness (QED) is 0.542. The second-order valence-corrected chi connectivity index (χ2v) is 8.34. The van der Waals surface area contributed by atoms with Crippen LogP contribution in [0.15, 0.2) is 64.4 Å². The van der Waals surface area contributed by atoms with Crippen molar-refractivity contribution < 1.29 is 9.32 Å². The van der Waals surface area contributed by atoms with E-state index in [2.05, 4.69) is 35.0 Å². The summed E-state index contributed by atoms with van der Waals surface area (Å²) in [6, 6.07) is 14.9. The van der Waals surface area contributed by atoms with Crippen LogP contribution in [0.1, 0.15) is 35.5 Å². The van der Waals surface area contributed by atoms with Crippen LogP contribution in [0.2, 0.25) is 10.0 Å². The Hall–Kier alpha value is -2.80. The third-order valence-corrected chi connectivity index (χ3v) is 6.10. The minimum atomic E-state index is -0.337. The van der Waals surface area contributed by atoms with Crippen molar-refractivity contribution in [3.05, 3.63) is 86.8 Å². The molecule has 0 bridgehead atoms. The third-order valence-electron chi connectivity index (χ3n) is 5.36. The lowest BCUT2D eigenvalue weighted by atomic mass is 10.1. The van der Waals surface area contributed by atoms with E-state index in [9.17, 15) is 4.79 Å². The van der Waals surface area contributed by atoms with E-state index in [1.54, 1.807) is 24.3 Å². The number of allylic oxidation sites excluding steroid dienone is 1. The predicted octanol–water partition coefficient (Wildman–Crippen LogP) is 5.33. The average Bonchev–Trinajstić information content (AvgIpc) is 3.33. The number of hydrazine groups is 1. The van der Waals surface area contributed by atoms with E-state index in [0.29, 0.717) is 27.9 Å². The van der Waals surface area contributed by atoms with Crippen molar-refractivity contribution >= 4 is 29.1 Å². The summed E-state index contributed by atoms with van der Waals surface area (Å²) in [5.41, 5.74) is 8.48. The van der Waals surface area contributed by atoms with Gasteiger partial charge in [-0.25, -0.2) is 5.43 Å². The van der Waals surface area contributed by atoms with Gasteiger partial charge in [-0.1, -0.05) is 52.6 Å². The number of aryl methyl sites for hydroxylation is 1. The van der Waals surface area contributed by atoms with Gasteiger partial charge in [0.25, 0.3) is 5.91 Å². The van der Waals surface area contributed by atoms with Gasteiger partial charge in [0.2, 0.25) is 0 Å². The van der Waals surface area contributed by atoms with Crippen LogP contribution in [0.5, 0.6) is 0 Å². The van der Waals surface area contributed by atoms with Crippen molar-refractivity contribution in [2.75, 3.05) is 0 Å². The number of halogens is 2. The van der Waals surface area contributed by atoms with Crippen molar-refractivity contribution in [3.8, 4) is 11.3 Å². The van der Waals surface area contributed by atoms with Gasteiger partial charge in [0, 0.05) is 17.3 Å². The topological polar surface area (TPSA) is 70.4 Å². The number of carbonyl (C=O) groups is 1. The second kappa shape index (κ2) is 8.75. The predicted molar refractivity (Wildman–Crippen MR) is 121 cm³/mol. The van der Waals surface area contributed by atoms with E-state index in [1.807, 2.05) is 31.0 Å². The molecule has 0 aliphatic carbocycles. The lowest BCUT2D eigenvalue weighted by Crippen LogP contribution is -2.37. The Morgan fingerprint density at radius 2 is 1.94 bits per heavy atom. The fourth-order valence-corrected chi connectivity index (χ4v) is 3.83. The van der Waals surface area contributed by atoms with Gasteiger partial charge in [0.05, 0.1) is 28.3 Å². The van der Waals surface area contributed by atoms with Crippen molar-refractivity contribution in [2.24, 2.45) is 0 Å². The lowest BCUT2D eigenvalue weighted by molar-refractivity contribution is 0.0954. The highest BCUT2D eigenvalue weighted by molar-refractivity contribution is 6.42. The Morgan fingerprint density at radius 3 is 2.68 bits per heavy atom. The molecule has 1 atom stereocenters. The van der Waals surface area contributed by atoms with Gasteiger partial charge in [0.15, 0.2) is 11.5 Å². The fourth-order valence-electron chi connectivity index (χ4n) is 3.53. The minimum Gasteiger partial charge on any atom is -0.355 e. The molecule has 1 aliphatic rings. The van der Waals surface area contributed by atoms with Crippen LogP contribution < -0.4 is 10.7 Å². The zero-order valence-electron chi connectivity index (χ0n) is 17.4. The van der Waals surface area contributed by atoms with Crippen molar-refractivity contribution in [1.82, 2.24) is 20.9 Å². The highest BCUT2D eigenvalue weighted by atomic mass is 35.5. The summed E-state index contributed by atoms with van der Waals surface area (Å²) in [5, 5.41) is 9.79. The van der Waals surface area contributed by atoms with E-state index in [1.165, 1.54) is 11.1 Å². The van der Waals surface area contributed by atoms with Gasteiger partial charge in [-0.15, -0.1) is 0 Å². The van der Waals surface area contributed by atoms with Crippen LogP contribution in [0.3, 0.4) is 0 Å². The standard InChI is InChI=1S/C23H22Cl2N4O2/c1-13-6-4-5-7-17(13)12-29-15(3)22(14(2)27-29)26-23(30)20-11-21(31-28-20)16-8-9-18(24)19(25)10-16/h4-11,14,27H,12H2,1-3H3,(H,26,30)/t14-/m0/s1. The first-order chi connectivity index (χ1) is 14.8. The maximum Gasteiger partial charge on any atom is 0.277 e. The molecular formula is C23H22Cl2N4O2. The van der Waals surface area contributed by atoms with E-state index >= 15 is 0 Å². The number of rotatable bonds is 5. The monoisotopic (exact) mass is 456 g/mol. The Kier molecular flexibility index (Phi) is 6.05. The van der Waals surface area contributed by atoms with E-state index in [-0.39, 0.29) is 17.6 Å². The Labute approximate surface area is 190 Å². The lowest BCUT2D eigenvalue weighted by Gasteiger charge is -2.22. The smallest absolute Gasteiger partial charge is 0.277 e. The number of aromatic nitrogens is 1. The minimum absolute atomic E-state index is 0.0468. The van der Waals surface area contributed by atoms with E-state index < -0.39 is 0 Å². The van der Waals surface area contributed by atoms with Crippen molar-refractivity contribution in [1.29, 1.82) is 0 Å². The molecule has 0 fully saturated rings. The molecule has 0 saturated heterocycles. The number of hydrogen-bond donors (Lipinski definition) is 2. The van der Waals surface area contributed by atoms with Gasteiger partial charge in [-0.3, -0.25) is 4.79 Å². The number of hydrogen-bond acceptors (Lipinski definition) is 5. The molecule has 4 rings (SSSR count). The first-order valence-corrected chi connectivity index (χ1v) is 10.6. The highest BCUT2D eigenvalue weighted by Crippen LogP contribution is 2.29. The maximum atomic E-state index is 12.8. The molecule has 2 aromatic carbocycles. The normalized spacial score (nSPS) is 16.2. The first kappa shape index (κ1) is 21.4. The van der Waals surface area contributed by atoms with Gasteiger partial charge in [-0.05, 0) is 50.1 Å². The SMILES string of the molecule is CC1=C(NC(=O)c2cc(-c3ccc(Cl)c(Cl)c3)on2)[C@H](C)NN1Cc1ccccc1C. The van der Waals surface area contributed by atoms with Crippen molar-refractivity contribution in [3.63, 3.8) is 0 Å². The Bertz CT molecular complexity index is 1170. The summed E-state index contributed by atoms with van der Waals surface area (Å²) < 4.78 is 5.34. The Morgan fingerprint density at radius 1 is 1.16 bits per heavy atom. The number of nitrogens with one attached hydrogen (secondary N) is 2. The molecule has 2 heterocycles. The van der Waals surface area contributed by atoms with Gasteiger partial charge in [0.1, 0.15) is 0 Å². The van der Waals surface area contributed by atoms with Gasteiger partial charge in [-0.2, -0.15) is 0 Å². The molecule has 6 nitrogen and oxygen atoms in total. The van der Waals surface area contributed by atoms with E-state index in [0.717, 1.165) is 11.4 Å². The number of amides is 1. The molecule has 8 heteroatoms. The molecule has 0 unspecified atom stereocenters. The number of benzene rings is 2. The summed E-state index contributed by atoms with van der Waals surface area (Å²) in [7, 11) is 0. The summed E-state index contributed by atoms with van der Waals surface area (Å²) >= 11 is 12.0. The van der Waals surface area contributed by atoms with E-state index in [4.69, 9.17) is 27.7 Å². The summed E-state index contributed by atoms with van der Waals surface area (Å²) in [5.74, 6) is 0.101. The van der Waals surface area contributed by atoms with Crippen LogP contribution in [-0.2, 0) is 6.54 Å². The van der Waals surface area contributed by atoms with Crippen LogP contribution >= 0.6 is 23.2 Å². The number of nitrogens with zero attached hydrogens (tertiary/aromatic N) is 2. The van der Waals surface area contributed by atoms with Crippen LogP contribution in [0.4, 0.5) is 0 Å². The molecule has 160 valence electrons. The largest absolute Gasteiger partial charge is 0.355 e. The van der Waals surface area contributed by atoms with Gasteiger partial charge < -0.3 is 14.8 Å². The summed E-state index contributed by atoms with van der Waals surface area (Å²) in [6.45, 7) is 6.77. The molecule has 0 saturated carbocycles. The van der Waals surface area contributed by atoms with Gasteiger partial charge >= 0.3 is 0 Å². The third kappa shape index (κ3) is 4.46. The zero-order valence-corrected chi connectivity index (χ0v) is 18.9. The average molecular weight is 457 g/mol. The highest BCUT2D eigenvalue weighted by Gasteiger charge is 2.28. The second-order valence-electron chi connectivity index (χ2n) is 7.52. The zero-order chi connectivity index (χ0) is 22.1. The molecule has 2 N–H and O–H groups in total. The molecular weight excluding hydrogens is 435 g/mol. The molecule has 1 aromatic heterocycles. The summed E-state index contributed by atoms with van der Waals surface area (Å²) in [6.07, 6.45) is 0. The summed E-state index contributed by atoms with van der Waals surface area (Å²) in [4.78, 5) is 12.8. The fraction of sp³-hybridized carbons (Fsp3) is 0.217. The maximum absolute atomic E-state index is 12.8. The van der Waals surface area contributed by atoms with Crippen LogP contribution in [0, 0.1) is 6.92 Å². The molecule has 3 aromatic rings. The van der Waals surface area contributed by atoms with Crippen molar-refractivity contribution in [2.45, 2.75) is 33.4 Å². The van der Waals surface area contributed by atoms with Crippen LogP contribution in [-0.4, -0.2) is 22.1 Å². The number of carbonyl (C=O) groups excluding carboxylic acids is 1. The molecule has 1 amide bonds. The first-order valence-electron chi connectivity index (χ1n) is 9.86. The molecule has 0 spiro atoms. The van der Waals surface area contributed by atoms with Crippen LogP contribution in [0.25, 0.3) is 11.3 Å². The molecule has 1 aliphatic heterocycles. The Balaban J connectivity index is 1.50. The molecule has 0 radical (unpaired) electrons.